The highest BCUT2D eigenvalue weighted by atomic mass is 16.4. The number of carbonyl (C=O) groups is 2. The summed E-state index contributed by atoms with van der Waals surface area (Å²) in [5, 5.41) is 9.28. The zero-order chi connectivity index (χ0) is 14.6. The Bertz CT molecular complexity index is 342. The lowest BCUT2D eigenvalue weighted by atomic mass is 9.74. The maximum Gasteiger partial charge on any atom is 0.309 e. The van der Waals surface area contributed by atoms with Gasteiger partial charge in [-0.05, 0) is 39.0 Å². The van der Waals surface area contributed by atoms with Crippen LogP contribution in [0.1, 0.15) is 46.5 Å². The van der Waals surface area contributed by atoms with Crippen molar-refractivity contribution >= 4 is 11.9 Å². The Morgan fingerprint density at radius 2 is 2.11 bits per heavy atom. The Morgan fingerprint density at radius 1 is 1.47 bits per heavy atom. The number of hydrogen-bond acceptors (Lipinski definition) is 3. The van der Waals surface area contributed by atoms with E-state index in [-0.39, 0.29) is 17.9 Å². The second kappa shape index (κ2) is 6.37. The first-order valence-corrected chi connectivity index (χ1v) is 7.05. The molecule has 1 amide bonds. The van der Waals surface area contributed by atoms with Crippen molar-refractivity contribution < 1.29 is 14.7 Å². The fourth-order valence-corrected chi connectivity index (χ4v) is 2.47. The van der Waals surface area contributed by atoms with Gasteiger partial charge in [-0.25, -0.2) is 0 Å². The second-order valence-corrected chi connectivity index (χ2v) is 6.08. The number of carbonyl (C=O) groups excluding carboxylic acids is 1. The zero-order valence-corrected chi connectivity index (χ0v) is 12.2. The van der Waals surface area contributed by atoms with Gasteiger partial charge >= 0.3 is 5.97 Å². The third-order valence-electron chi connectivity index (χ3n) is 4.31. The highest BCUT2D eigenvalue weighted by Crippen LogP contribution is 2.34. The molecule has 1 rings (SSSR count). The molecule has 0 aromatic carbocycles. The molecule has 1 saturated heterocycles. The molecular formula is C14H26N2O3. The van der Waals surface area contributed by atoms with Crippen LogP contribution in [0.4, 0.5) is 0 Å². The van der Waals surface area contributed by atoms with E-state index in [0.717, 1.165) is 25.8 Å². The standard InChI is InChI=1S/C14H26N2O3/c1-4-11(15)8-12(17)16-7-5-6-10(9-16)14(2,3)13(18)19/h10-11H,4-9,15H2,1-3H3,(H,18,19). The monoisotopic (exact) mass is 270 g/mol. The number of hydrogen-bond donors (Lipinski definition) is 2. The van der Waals surface area contributed by atoms with Crippen LogP contribution in [0.2, 0.25) is 0 Å². The summed E-state index contributed by atoms with van der Waals surface area (Å²) in [5.74, 6) is -0.724. The molecule has 110 valence electrons. The van der Waals surface area contributed by atoms with E-state index in [1.807, 2.05) is 6.92 Å². The number of rotatable bonds is 5. The lowest BCUT2D eigenvalue weighted by molar-refractivity contribution is -0.153. The summed E-state index contributed by atoms with van der Waals surface area (Å²) in [4.78, 5) is 25.2. The largest absolute Gasteiger partial charge is 0.481 e. The van der Waals surface area contributed by atoms with Gasteiger partial charge < -0.3 is 15.7 Å². The van der Waals surface area contributed by atoms with Crippen LogP contribution in [-0.2, 0) is 9.59 Å². The Hall–Kier alpha value is -1.10. The van der Waals surface area contributed by atoms with Crippen molar-refractivity contribution in [3.63, 3.8) is 0 Å². The van der Waals surface area contributed by atoms with E-state index < -0.39 is 11.4 Å². The van der Waals surface area contributed by atoms with Crippen LogP contribution in [0.3, 0.4) is 0 Å². The van der Waals surface area contributed by atoms with Gasteiger partial charge in [0.25, 0.3) is 0 Å². The topological polar surface area (TPSA) is 83.6 Å². The minimum absolute atomic E-state index is 0.0144. The molecule has 0 radical (unpaired) electrons. The number of carboxylic acids is 1. The van der Waals surface area contributed by atoms with Crippen molar-refractivity contribution in [3.05, 3.63) is 0 Å². The average Bonchev–Trinajstić information content (AvgIpc) is 2.38. The minimum atomic E-state index is -0.794. The minimum Gasteiger partial charge on any atom is -0.481 e. The van der Waals surface area contributed by atoms with Crippen molar-refractivity contribution in [2.45, 2.75) is 52.5 Å². The van der Waals surface area contributed by atoms with Gasteiger partial charge in [0.1, 0.15) is 0 Å². The number of nitrogens with zero attached hydrogens (tertiary/aromatic N) is 1. The molecule has 0 spiro atoms. The van der Waals surface area contributed by atoms with Gasteiger partial charge in [0.05, 0.1) is 5.41 Å². The molecule has 0 bridgehead atoms. The fourth-order valence-electron chi connectivity index (χ4n) is 2.47. The van der Waals surface area contributed by atoms with Crippen molar-refractivity contribution in [3.8, 4) is 0 Å². The van der Waals surface area contributed by atoms with Crippen LogP contribution >= 0.6 is 0 Å². The van der Waals surface area contributed by atoms with E-state index in [2.05, 4.69) is 0 Å². The Balaban J connectivity index is 2.64. The summed E-state index contributed by atoms with van der Waals surface area (Å²) in [6.45, 7) is 6.71. The Kier molecular flexibility index (Phi) is 5.35. The molecule has 0 aromatic heterocycles. The number of nitrogens with two attached hydrogens (primary N) is 1. The molecule has 0 saturated carbocycles. The quantitative estimate of drug-likeness (QED) is 0.792. The summed E-state index contributed by atoms with van der Waals surface area (Å²) < 4.78 is 0. The average molecular weight is 270 g/mol. The number of piperidine rings is 1. The van der Waals surface area contributed by atoms with E-state index in [1.54, 1.807) is 18.7 Å². The molecule has 1 fully saturated rings. The fraction of sp³-hybridized carbons (Fsp3) is 0.857. The van der Waals surface area contributed by atoms with E-state index in [9.17, 15) is 14.7 Å². The SMILES string of the molecule is CCC(N)CC(=O)N1CCCC(C(C)(C)C(=O)O)C1. The van der Waals surface area contributed by atoms with Crippen molar-refractivity contribution in [1.82, 2.24) is 4.90 Å². The summed E-state index contributed by atoms with van der Waals surface area (Å²) in [5.41, 5.74) is 5.02. The number of aliphatic carboxylic acids is 1. The predicted molar refractivity (Wildman–Crippen MR) is 73.6 cm³/mol. The smallest absolute Gasteiger partial charge is 0.309 e. The molecule has 1 heterocycles. The van der Waals surface area contributed by atoms with Crippen molar-refractivity contribution in [2.24, 2.45) is 17.1 Å². The summed E-state index contributed by atoms with van der Waals surface area (Å²) in [6, 6.07) is -0.0969. The number of carboxylic acid groups (broad SMARTS) is 1. The molecule has 2 unspecified atom stereocenters. The summed E-state index contributed by atoms with van der Waals surface area (Å²) >= 11 is 0. The molecule has 1 aliphatic rings. The van der Waals surface area contributed by atoms with Gasteiger partial charge in [-0.15, -0.1) is 0 Å². The highest BCUT2D eigenvalue weighted by molar-refractivity contribution is 5.77. The zero-order valence-electron chi connectivity index (χ0n) is 12.2. The predicted octanol–water partition coefficient (Wildman–Crippen LogP) is 1.46. The first-order chi connectivity index (χ1) is 8.78. The first-order valence-electron chi connectivity index (χ1n) is 7.05. The van der Waals surface area contributed by atoms with Crippen LogP contribution in [0.5, 0.6) is 0 Å². The molecule has 0 aromatic rings. The maximum absolute atomic E-state index is 12.1. The molecule has 2 atom stereocenters. The van der Waals surface area contributed by atoms with Gasteiger partial charge in [-0.2, -0.15) is 0 Å². The number of amides is 1. The number of likely N-dealkylation sites (tertiary alicyclic amines) is 1. The molecule has 1 aliphatic heterocycles. The molecule has 3 N–H and O–H groups in total. The van der Waals surface area contributed by atoms with Crippen LogP contribution in [0.15, 0.2) is 0 Å². The molecular weight excluding hydrogens is 244 g/mol. The van der Waals surface area contributed by atoms with Crippen LogP contribution in [-0.4, -0.2) is 41.0 Å². The van der Waals surface area contributed by atoms with Crippen LogP contribution in [0.25, 0.3) is 0 Å². The summed E-state index contributed by atoms with van der Waals surface area (Å²) in [7, 11) is 0. The van der Waals surface area contributed by atoms with E-state index >= 15 is 0 Å². The van der Waals surface area contributed by atoms with Crippen LogP contribution < -0.4 is 5.73 Å². The molecule has 5 heteroatoms. The lowest BCUT2D eigenvalue weighted by Crippen LogP contribution is -2.47. The van der Waals surface area contributed by atoms with Gasteiger partial charge in [0.15, 0.2) is 0 Å². The second-order valence-electron chi connectivity index (χ2n) is 6.08. The van der Waals surface area contributed by atoms with Crippen molar-refractivity contribution in [2.75, 3.05) is 13.1 Å². The Labute approximate surface area is 115 Å². The van der Waals surface area contributed by atoms with Crippen LogP contribution in [0, 0.1) is 11.3 Å². The van der Waals surface area contributed by atoms with Gasteiger partial charge in [0.2, 0.25) is 5.91 Å². The normalized spacial score (nSPS) is 22.1. The molecule has 19 heavy (non-hydrogen) atoms. The van der Waals surface area contributed by atoms with Gasteiger partial charge in [-0.1, -0.05) is 6.92 Å². The lowest BCUT2D eigenvalue weighted by Gasteiger charge is -2.39. The third kappa shape index (κ3) is 3.93. The van der Waals surface area contributed by atoms with E-state index in [0.29, 0.717) is 13.0 Å². The van der Waals surface area contributed by atoms with Gasteiger partial charge in [-0.3, -0.25) is 9.59 Å². The molecule has 5 nitrogen and oxygen atoms in total. The highest BCUT2D eigenvalue weighted by Gasteiger charge is 2.39. The van der Waals surface area contributed by atoms with Gasteiger partial charge in [0, 0.05) is 25.6 Å². The van der Waals surface area contributed by atoms with Crippen molar-refractivity contribution in [1.29, 1.82) is 0 Å². The summed E-state index contributed by atoms with van der Waals surface area (Å²) in [6.07, 6.45) is 2.87. The maximum atomic E-state index is 12.1. The Morgan fingerprint density at radius 3 is 2.63 bits per heavy atom. The van der Waals surface area contributed by atoms with E-state index in [4.69, 9.17) is 5.73 Å². The first kappa shape index (κ1) is 16.0. The third-order valence-corrected chi connectivity index (χ3v) is 4.31. The van der Waals surface area contributed by atoms with E-state index in [1.165, 1.54) is 0 Å². The molecule has 0 aliphatic carbocycles.